The fraction of sp³-hybridized carbons (Fsp3) is 0.263. The van der Waals surface area contributed by atoms with Gasteiger partial charge in [0.2, 0.25) is 0 Å². The Bertz CT molecular complexity index is 873. The zero-order valence-corrected chi connectivity index (χ0v) is 14.2. The van der Waals surface area contributed by atoms with Gasteiger partial charge in [-0.2, -0.15) is 5.10 Å². The van der Waals surface area contributed by atoms with Crippen molar-refractivity contribution < 1.29 is 4.79 Å². The minimum absolute atomic E-state index is 0.0868. The summed E-state index contributed by atoms with van der Waals surface area (Å²) in [4.78, 5) is 11.5. The van der Waals surface area contributed by atoms with Crippen LogP contribution < -0.4 is 11.1 Å². The van der Waals surface area contributed by atoms with E-state index < -0.39 is 5.91 Å². The Labute approximate surface area is 141 Å². The fourth-order valence-corrected chi connectivity index (χ4v) is 2.51. The molecule has 0 saturated heterocycles. The highest BCUT2D eigenvalue weighted by Gasteiger charge is 2.11. The third-order valence-electron chi connectivity index (χ3n) is 3.83. The van der Waals surface area contributed by atoms with Crippen LogP contribution in [0.15, 0.2) is 48.7 Å². The lowest BCUT2D eigenvalue weighted by molar-refractivity contribution is 0.100. The second kappa shape index (κ2) is 6.09. The summed E-state index contributed by atoms with van der Waals surface area (Å²) in [6, 6.07) is 13.6. The van der Waals surface area contributed by atoms with Gasteiger partial charge in [-0.15, -0.1) is 0 Å². The van der Waals surface area contributed by atoms with Gasteiger partial charge >= 0.3 is 0 Å². The van der Waals surface area contributed by atoms with Crippen molar-refractivity contribution in [3.63, 3.8) is 0 Å². The molecule has 5 nitrogen and oxygen atoms in total. The molecule has 0 fully saturated rings. The number of hydrogen-bond donors (Lipinski definition) is 2. The highest BCUT2D eigenvalue weighted by atomic mass is 16.1. The molecule has 1 aromatic heterocycles. The maximum Gasteiger partial charge on any atom is 0.250 e. The number of hydrogen-bond acceptors (Lipinski definition) is 3. The van der Waals surface area contributed by atoms with E-state index >= 15 is 0 Å². The molecule has 1 amide bonds. The molecule has 0 atom stereocenters. The molecule has 1 heterocycles. The van der Waals surface area contributed by atoms with E-state index in [1.54, 1.807) is 10.7 Å². The van der Waals surface area contributed by atoms with Crippen LogP contribution in [0.1, 0.15) is 36.7 Å². The predicted octanol–water partition coefficient (Wildman–Crippen LogP) is 3.01. The monoisotopic (exact) mass is 322 g/mol. The summed E-state index contributed by atoms with van der Waals surface area (Å²) in [6.45, 7) is 7.25. The Morgan fingerprint density at radius 2 is 1.88 bits per heavy atom. The van der Waals surface area contributed by atoms with Crippen molar-refractivity contribution in [2.75, 3.05) is 0 Å². The van der Waals surface area contributed by atoms with E-state index in [0.29, 0.717) is 11.1 Å². The van der Waals surface area contributed by atoms with Crippen molar-refractivity contribution in [3.8, 4) is 5.69 Å². The van der Waals surface area contributed by atoms with Gasteiger partial charge in [0.15, 0.2) is 0 Å². The number of amides is 1. The Hall–Kier alpha value is -2.66. The molecular formula is C19H22N4O. The molecule has 124 valence electrons. The first-order chi connectivity index (χ1) is 11.3. The first-order valence-corrected chi connectivity index (χ1v) is 7.96. The largest absolute Gasteiger partial charge is 0.366 e. The quantitative estimate of drug-likeness (QED) is 0.775. The molecule has 0 aliphatic heterocycles. The molecule has 0 saturated carbocycles. The smallest absolute Gasteiger partial charge is 0.250 e. The highest BCUT2D eigenvalue weighted by Crippen LogP contribution is 2.19. The summed E-state index contributed by atoms with van der Waals surface area (Å²) in [5.41, 5.74) is 8.73. The van der Waals surface area contributed by atoms with Crippen molar-refractivity contribution >= 4 is 16.8 Å². The first kappa shape index (κ1) is 16.2. The molecule has 0 bridgehead atoms. The van der Waals surface area contributed by atoms with Crippen LogP contribution in [0.5, 0.6) is 0 Å². The van der Waals surface area contributed by atoms with Gasteiger partial charge in [0.05, 0.1) is 11.3 Å². The van der Waals surface area contributed by atoms with Crippen molar-refractivity contribution in [3.05, 3.63) is 59.8 Å². The average molecular weight is 322 g/mol. The van der Waals surface area contributed by atoms with Gasteiger partial charge in [0, 0.05) is 23.7 Å². The Balaban J connectivity index is 1.88. The van der Waals surface area contributed by atoms with Gasteiger partial charge in [-0.3, -0.25) is 4.79 Å². The molecule has 0 radical (unpaired) electrons. The summed E-state index contributed by atoms with van der Waals surface area (Å²) in [7, 11) is 0. The number of benzene rings is 2. The fourth-order valence-electron chi connectivity index (χ4n) is 2.51. The van der Waals surface area contributed by atoms with Crippen molar-refractivity contribution in [2.45, 2.75) is 32.9 Å². The zero-order valence-electron chi connectivity index (χ0n) is 14.2. The van der Waals surface area contributed by atoms with Crippen LogP contribution in [-0.2, 0) is 6.54 Å². The van der Waals surface area contributed by atoms with Gasteiger partial charge < -0.3 is 11.1 Å². The van der Waals surface area contributed by atoms with Crippen LogP contribution in [0.25, 0.3) is 16.6 Å². The van der Waals surface area contributed by atoms with Gasteiger partial charge in [0.1, 0.15) is 5.52 Å². The molecular weight excluding hydrogens is 300 g/mol. The molecule has 3 aromatic rings. The molecule has 5 heteroatoms. The molecule has 0 aliphatic carbocycles. The molecule has 0 unspecified atom stereocenters. The van der Waals surface area contributed by atoms with E-state index in [1.165, 1.54) is 5.56 Å². The van der Waals surface area contributed by atoms with E-state index in [4.69, 9.17) is 5.73 Å². The van der Waals surface area contributed by atoms with E-state index in [-0.39, 0.29) is 5.54 Å². The number of nitrogens with zero attached hydrogens (tertiary/aromatic N) is 2. The third-order valence-corrected chi connectivity index (χ3v) is 3.83. The molecule has 0 spiro atoms. The summed E-state index contributed by atoms with van der Waals surface area (Å²) < 4.78 is 1.78. The van der Waals surface area contributed by atoms with Gasteiger partial charge in [0.25, 0.3) is 5.91 Å². The standard InChI is InChI=1S/C19H22N4O/c1-19(2,3)21-11-13-7-9-15(10-8-13)23-12-14-5-4-6-16(18(20)24)17(14)22-23/h4-10,12,21H,11H2,1-3H3,(H2,20,24). The Morgan fingerprint density at radius 3 is 2.50 bits per heavy atom. The van der Waals surface area contributed by atoms with E-state index in [0.717, 1.165) is 17.6 Å². The van der Waals surface area contributed by atoms with Crippen LogP contribution in [0.4, 0.5) is 0 Å². The SMILES string of the molecule is CC(C)(C)NCc1ccc(-n2cc3cccc(C(N)=O)c3n2)cc1. The lowest BCUT2D eigenvalue weighted by atomic mass is 10.1. The number of nitrogens with one attached hydrogen (secondary N) is 1. The molecule has 0 aliphatic rings. The van der Waals surface area contributed by atoms with Crippen LogP contribution in [0.2, 0.25) is 0 Å². The Morgan fingerprint density at radius 1 is 1.17 bits per heavy atom. The third kappa shape index (κ3) is 3.46. The van der Waals surface area contributed by atoms with Gasteiger partial charge in [-0.1, -0.05) is 24.3 Å². The van der Waals surface area contributed by atoms with Crippen molar-refractivity contribution in [1.29, 1.82) is 0 Å². The number of nitrogens with two attached hydrogens (primary N) is 1. The topological polar surface area (TPSA) is 72.9 Å². The van der Waals surface area contributed by atoms with Crippen molar-refractivity contribution in [2.24, 2.45) is 5.73 Å². The molecule has 2 aromatic carbocycles. The number of carbonyl (C=O) groups excluding carboxylic acids is 1. The maximum absolute atomic E-state index is 11.5. The number of primary amides is 1. The van der Waals surface area contributed by atoms with Crippen LogP contribution in [0.3, 0.4) is 0 Å². The van der Waals surface area contributed by atoms with Crippen LogP contribution >= 0.6 is 0 Å². The predicted molar refractivity (Wildman–Crippen MR) is 96.2 cm³/mol. The zero-order chi connectivity index (χ0) is 17.3. The second-order valence-electron chi connectivity index (χ2n) is 6.95. The van der Waals surface area contributed by atoms with Crippen LogP contribution in [0, 0.1) is 0 Å². The summed E-state index contributed by atoms with van der Waals surface area (Å²) >= 11 is 0. The summed E-state index contributed by atoms with van der Waals surface area (Å²) in [6.07, 6.45) is 1.91. The first-order valence-electron chi connectivity index (χ1n) is 7.96. The van der Waals surface area contributed by atoms with Gasteiger partial charge in [-0.25, -0.2) is 4.68 Å². The highest BCUT2D eigenvalue weighted by molar-refractivity contribution is 6.04. The number of fused-ring (bicyclic) bond motifs is 1. The second-order valence-corrected chi connectivity index (χ2v) is 6.95. The summed E-state index contributed by atoms with van der Waals surface area (Å²) in [5, 5.41) is 8.88. The van der Waals surface area contributed by atoms with Crippen molar-refractivity contribution in [1.82, 2.24) is 15.1 Å². The lowest BCUT2D eigenvalue weighted by Gasteiger charge is -2.20. The molecule has 3 rings (SSSR count). The lowest BCUT2D eigenvalue weighted by Crippen LogP contribution is -2.35. The van der Waals surface area contributed by atoms with Crippen LogP contribution in [-0.4, -0.2) is 21.2 Å². The summed E-state index contributed by atoms with van der Waals surface area (Å²) in [5.74, 6) is -0.463. The minimum Gasteiger partial charge on any atom is -0.366 e. The van der Waals surface area contributed by atoms with E-state index in [9.17, 15) is 4.79 Å². The molecule has 3 N–H and O–H groups in total. The van der Waals surface area contributed by atoms with E-state index in [2.05, 4.69) is 43.3 Å². The van der Waals surface area contributed by atoms with E-state index in [1.807, 2.05) is 30.5 Å². The number of carbonyl (C=O) groups is 1. The minimum atomic E-state index is -0.463. The normalized spacial score (nSPS) is 11.8. The van der Waals surface area contributed by atoms with Gasteiger partial charge in [-0.05, 0) is 44.5 Å². The number of rotatable bonds is 4. The maximum atomic E-state index is 11.5. The Kier molecular flexibility index (Phi) is 4.11. The number of aromatic nitrogens is 2. The average Bonchev–Trinajstić information content (AvgIpc) is 2.96. The molecule has 24 heavy (non-hydrogen) atoms.